The first-order chi connectivity index (χ1) is 17.3. The summed E-state index contributed by atoms with van der Waals surface area (Å²) in [6, 6.07) is 11.7. The normalized spacial score (nSPS) is 15.4. The van der Waals surface area contributed by atoms with E-state index < -0.39 is 5.54 Å². The number of likely N-dealkylation sites (tertiary alicyclic amines) is 1. The number of benzene rings is 2. The topological polar surface area (TPSA) is 63.7 Å². The van der Waals surface area contributed by atoms with Gasteiger partial charge in [-0.3, -0.25) is 14.6 Å². The van der Waals surface area contributed by atoms with Crippen LogP contribution in [0.15, 0.2) is 36.4 Å². The van der Waals surface area contributed by atoms with Crippen LogP contribution in [0, 0.1) is 0 Å². The molecule has 3 rings (SSSR count). The Balaban J connectivity index is 1.73. The van der Waals surface area contributed by atoms with Crippen LogP contribution in [-0.4, -0.2) is 88.3 Å². The summed E-state index contributed by atoms with van der Waals surface area (Å²) in [5.74, 6) is 3.15. The Hall–Kier alpha value is -2.97. The molecular weight excluding hydrogens is 458 g/mol. The van der Waals surface area contributed by atoms with Crippen molar-refractivity contribution in [3.05, 3.63) is 47.5 Å². The number of carbonyl (C=O) groups excluding carboxylic acids is 1. The Morgan fingerprint density at radius 1 is 0.806 bits per heavy atom. The lowest BCUT2D eigenvalue weighted by Crippen LogP contribution is -2.62. The second-order valence-corrected chi connectivity index (χ2v) is 9.42. The summed E-state index contributed by atoms with van der Waals surface area (Å²) in [7, 11) is 10.5. The molecule has 1 fully saturated rings. The zero-order chi connectivity index (χ0) is 26.3. The van der Waals surface area contributed by atoms with E-state index in [9.17, 15) is 4.79 Å². The SMILES string of the molecule is CCN(C)C1(C(=O)N(C)Cc2cc(OC)cc(OC)c2)CCN(Cc2cc(OC)cc(OC)c2)CC1. The van der Waals surface area contributed by atoms with Gasteiger partial charge in [-0.2, -0.15) is 0 Å². The summed E-state index contributed by atoms with van der Waals surface area (Å²) in [5.41, 5.74) is 1.58. The van der Waals surface area contributed by atoms with Crippen molar-refractivity contribution in [1.29, 1.82) is 0 Å². The monoisotopic (exact) mass is 499 g/mol. The fourth-order valence-corrected chi connectivity index (χ4v) is 5.02. The van der Waals surface area contributed by atoms with Crippen molar-refractivity contribution in [2.75, 3.05) is 62.2 Å². The summed E-state index contributed by atoms with van der Waals surface area (Å²) in [6.07, 6.45) is 1.53. The lowest BCUT2D eigenvalue weighted by molar-refractivity contribution is -0.146. The van der Waals surface area contributed by atoms with Crippen LogP contribution in [0.2, 0.25) is 0 Å². The lowest BCUT2D eigenvalue weighted by Gasteiger charge is -2.47. The molecule has 1 aliphatic rings. The fourth-order valence-electron chi connectivity index (χ4n) is 5.02. The smallest absolute Gasteiger partial charge is 0.243 e. The third-order valence-electron chi connectivity index (χ3n) is 7.28. The highest BCUT2D eigenvalue weighted by atomic mass is 16.5. The largest absolute Gasteiger partial charge is 0.497 e. The molecular formula is C28H41N3O5. The molecule has 0 aromatic heterocycles. The van der Waals surface area contributed by atoms with Crippen LogP contribution in [0.4, 0.5) is 0 Å². The van der Waals surface area contributed by atoms with Crippen LogP contribution in [-0.2, 0) is 17.9 Å². The van der Waals surface area contributed by atoms with Crippen LogP contribution >= 0.6 is 0 Å². The van der Waals surface area contributed by atoms with E-state index in [1.807, 2.05) is 48.3 Å². The van der Waals surface area contributed by atoms with Gasteiger partial charge in [0.25, 0.3) is 0 Å². The highest BCUT2D eigenvalue weighted by molar-refractivity contribution is 5.86. The Morgan fingerprint density at radius 3 is 1.67 bits per heavy atom. The molecule has 8 heteroatoms. The molecule has 36 heavy (non-hydrogen) atoms. The molecule has 1 aliphatic heterocycles. The van der Waals surface area contributed by atoms with Crippen LogP contribution in [0.25, 0.3) is 0 Å². The molecule has 0 atom stereocenters. The molecule has 0 bridgehead atoms. The van der Waals surface area contributed by atoms with Crippen molar-refractivity contribution in [2.45, 2.75) is 38.4 Å². The van der Waals surface area contributed by atoms with Crippen LogP contribution in [0.1, 0.15) is 30.9 Å². The molecule has 0 N–H and O–H groups in total. The highest BCUT2D eigenvalue weighted by Gasteiger charge is 2.45. The molecule has 0 aliphatic carbocycles. The number of methoxy groups -OCH3 is 4. The third-order valence-corrected chi connectivity index (χ3v) is 7.28. The number of carbonyl (C=O) groups is 1. The summed E-state index contributed by atoms with van der Waals surface area (Å²) in [5, 5.41) is 0. The maximum Gasteiger partial charge on any atom is 0.243 e. The third kappa shape index (κ3) is 6.23. The van der Waals surface area contributed by atoms with Gasteiger partial charge in [-0.15, -0.1) is 0 Å². The minimum atomic E-state index is -0.533. The van der Waals surface area contributed by atoms with E-state index in [-0.39, 0.29) is 5.91 Å². The van der Waals surface area contributed by atoms with Gasteiger partial charge in [0.05, 0.1) is 28.4 Å². The number of hydrogen-bond donors (Lipinski definition) is 0. The molecule has 0 radical (unpaired) electrons. The van der Waals surface area contributed by atoms with Gasteiger partial charge in [0.1, 0.15) is 28.5 Å². The first-order valence-corrected chi connectivity index (χ1v) is 12.4. The predicted molar refractivity (Wildman–Crippen MR) is 141 cm³/mol. The standard InChI is InChI=1S/C28H41N3O5/c1-8-30(3)28(27(32)29(2)19-21-13-23(33-4)17-24(14-21)34-5)9-11-31(12-10-28)20-22-15-25(35-6)18-26(16-22)36-7/h13-18H,8-12,19-20H2,1-7H3. The zero-order valence-electron chi connectivity index (χ0n) is 22.8. The molecule has 0 spiro atoms. The van der Waals surface area contributed by atoms with Crippen molar-refractivity contribution < 1.29 is 23.7 Å². The van der Waals surface area contributed by atoms with E-state index in [0.29, 0.717) is 18.0 Å². The van der Waals surface area contributed by atoms with Crippen LogP contribution in [0.3, 0.4) is 0 Å². The molecule has 2 aromatic rings. The van der Waals surface area contributed by atoms with E-state index in [1.165, 1.54) is 0 Å². The van der Waals surface area contributed by atoms with Gasteiger partial charge in [0.2, 0.25) is 5.91 Å². The Kier molecular flexibility index (Phi) is 9.45. The number of amides is 1. The molecule has 198 valence electrons. The molecule has 1 heterocycles. The Morgan fingerprint density at radius 2 is 1.25 bits per heavy atom. The second-order valence-electron chi connectivity index (χ2n) is 9.42. The van der Waals surface area contributed by atoms with Crippen molar-refractivity contribution in [2.24, 2.45) is 0 Å². The molecule has 0 saturated carbocycles. The van der Waals surface area contributed by atoms with Gasteiger partial charge in [-0.05, 0) is 61.8 Å². The average molecular weight is 500 g/mol. The number of hydrogen-bond acceptors (Lipinski definition) is 7. The Bertz CT molecular complexity index is 976. The molecule has 2 aromatic carbocycles. The van der Waals surface area contributed by atoms with Gasteiger partial charge < -0.3 is 23.8 Å². The second kappa shape index (κ2) is 12.3. The van der Waals surface area contributed by atoms with E-state index in [2.05, 4.69) is 23.8 Å². The number of nitrogens with zero attached hydrogens (tertiary/aromatic N) is 3. The lowest BCUT2D eigenvalue weighted by atomic mass is 9.84. The summed E-state index contributed by atoms with van der Waals surface area (Å²) < 4.78 is 21.7. The minimum absolute atomic E-state index is 0.149. The number of rotatable bonds is 11. The van der Waals surface area contributed by atoms with Crippen molar-refractivity contribution in [3.8, 4) is 23.0 Å². The number of piperidine rings is 1. The van der Waals surface area contributed by atoms with Gasteiger partial charge in [0, 0.05) is 45.4 Å². The molecule has 1 amide bonds. The van der Waals surface area contributed by atoms with E-state index in [0.717, 1.165) is 61.6 Å². The quantitative estimate of drug-likeness (QED) is 0.468. The van der Waals surface area contributed by atoms with E-state index in [4.69, 9.17) is 18.9 Å². The number of likely N-dealkylation sites (N-methyl/N-ethyl adjacent to an activating group) is 2. The maximum atomic E-state index is 13.9. The van der Waals surface area contributed by atoms with Crippen molar-refractivity contribution in [3.63, 3.8) is 0 Å². The first kappa shape index (κ1) is 27.6. The fraction of sp³-hybridized carbons (Fsp3) is 0.536. The average Bonchev–Trinajstić information content (AvgIpc) is 2.91. The van der Waals surface area contributed by atoms with Gasteiger partial charge in [-0.25, -0.2) is 0 Å². The molecule has 1 saturated heterocycles. The van der Waals surface area contributed by atoms with Gasteiger partial charge in [-0.1, -0.05) is 6.92 Å². The minimum Gasteiger partial charge on any atom is -0.497 e. The van der Waals surface area contributed by atoms with Crippen molar-refractivity contribution in [1.82, 2.24) is 14.7 Å². The van der Waals surface area contributed by atoms with E-state index in [1.54, 1.807) is 28.4 Å². The summed E-state index contributed by atoms with van der Waals surface area (Å²) >= 11 is 0. The van der Waals surface area contributed by atoms with Gasteiger partial charge >= 0.3 is 0 Å². The maximum absolute atomic E-state index is 13.9. The summed E-state index contributed by atoms with van der Waals surface area (Å²) in [4.78, 5) is 20.4. The van der Waals surface area contributed by atoms with Crippen LogP contribution < -0.4 is 18.9 Å². The van der Waals surface area contributed by atoms with Crippen molar-refractivity contribution >= 4 is 5.91 Å². The molecule has 8 nitrogen and oxygen atoms in total. The van der Waals surface area contributed by atoms with Crippen LogP contribution in [0.5, 0.6) is 23.0 Å². The van der Waals surface area contributed by atoms with Gasteiger partial charge in [0.15, 0.2) is 0 Å². The first-order valence-electron chi connectivity index (χ1n) is 12.4. The highest BCUT2D eigenvalue weighted by Crippen LogP contribution is 2.33. The van der Waals surface area contributed by atoms with E-state index >= 15 is 0 Å². The predicted octanol–water partition coefficient (Wildman–Crippen LogP) is 3.67. The Labute approximate surface area is 215 Å². The zero-order valence-corrected chi connectivity index (χ0v) is 22.8. The summed E-state index contributed by atoms with van der Waals surface area (Å²) in [6.45, 7) is 5.84. The number of ether oxygens (including phenoxy) is 4. The molecule has 0 unspecified atom stereocenters.